The van der Waals surface area contributed by atoms with Crippen LogP contribution in [0.15, 0.2) is 65.6 Å². The number of nitrogens with one attached hydrogen (secondary N) is 2. The van der Waals surface area contributed by atoms with Gasteiger partial charge in [-0.3, -0.25) is 5.48 Å². The van der Waals surface area contributed by atoms with E-state index in [9.17, 15) is 13.2 Å². The van der Waals surface area contributed by atoms with Crippen LogP contribution < -0.4 is 10.2 Å². The lowest BCUT2D eigenvalue weighted by atomic mass is 9.96. The van der Waals surface area contributed by atoms with Crippen LogP contribution in [0, 0.1) is 6.92 Å². The molecule has 1 heterocycles. The van der Waals surface area contributed by atoms with E-state index in [2.05, 4.69) is 16.8 Å². The molecule has 7 nitrogen and oxygen atoms in total. The molecule has 0 saturated heterocycles. The van der Waals surface area contributed by atoms with E-state index >= 15 is 0 Å². The van der Waals surface area contributed by atoms with Crippen molar-refractivity contribution in [2.45, 2.75) is 24.5 Å². The summed E-state index contributed by atoms with van der Waals surface area (Å²) in [5, 5.41) is 0. The van der Waals surface area contributed by atoms with Gasteiger partial charge < -0.3 is 4.74 Å². The van der Waals surface area contributed by atoms with Crippen LogP contribution in [0.3, 0.4) is 0 Å². The lowest BCUT2D eigenvalue weighted by Crippen LogP contribution is -2.49. The van der Waals surface area contributed by atoms with Crippen LogP contribution in [-0.4, -0.2) is 21.0 Å². The molecule has 0 amide bonds. The number of para-hydroxylation sites is 1. The first-order chi connectivity index (χ1) is 12.8. The Morgan fingerprint density at radius 1 is 1.22 bits per heavy atom. The van der Waals surface area contributed by atoms with Crippen molar-refractivity contribution in [1.29, 1.82) is 0 Å². The third-order valence-corrected chi connectivity index (χ3v) is 5.63. The zero-order chi connectivity index (χ0) is 19.7. The van der Waals surface area contributed by atoms with Crippen LogP contribution in [0.4, 0.5) is 5.69 Å². The van der Waals surface area contributed by atoms with Gasteiger partial charge in [-0.05, 0) is 32.0 Å². The van der Waals surface area contributed by atoms with E-state index in [4.69, 9.17) is 9.57 Å². The number of carbonyl (C=O) groups excluding carboxylic acids is 1. The van der Waals surface area contributed by atoms with Gasteiger partial charge in [0.1, 0.15) is 0 Å². The van der Waals surface area contributed by atoms with E-state index < -0.39 is 21.7 Å². The zero-order valence-electron chi connectivity index (χ0n) is 15.0. The molecule has 0 bridgehead atoms. The molecule has 2 aromatic rings. The maximum Gasteiger partial charge on any atom is 0.338 e. The summed E-state index contributed by atoms with van der Waals surface area (Å²) in [5.41, 5.74) is 2.51. The third-order valence-electron chi connectivity index (χ3n) is 4.18. The SMILES string of the molecule is C=C(C(=O)OCC)C1(NS(=O)(=O)c2ccc(C)cc2)ONc2ccccc21. The molecule has 1 aliphatic heterocycles. The van der Waals surface area contributed by atoms with Crippen molar-refractivity contribution in [3.05, 3.63) is 71.8 Å². The molecule has 0 aromatic heterocycles. The smallest absolute Gasteiger partial charge is 0.338 e. The number of aryl methyl sites for hydroxylation is 1. The number of rotatable bonds is 6. The van der Waals surface area contributed by atoms with Gasteiger partial charge in [0.2, 0.25) is 15.7 Å². The molecule has 0 radical (unpaired) electrons. The maximum atomic E-state index is 13.0. The highest BCUT2D eigenvalue weighted by Gasteiger charge is 2.50. The number of hydrogen-bond donors (Lipinski definition) is 2. The molecule has 8 heteroatoms. The van der Waals surface area contributed by atoms with Crippen LogP contribution in [0.1, 0.15) is 18.1 Å². The minimum absolute atomic E-state index is 0.0390. The molecule has 3 rings (SSSR count). The second kappa shape index (κ2) is 7.15. The largest absolute Gasteiger partial charge is 0.463 e. The Bertz CT molecular complexity index is 985. The fourth-order valence-corrected chi connectivity index (χ4v) is 4.02. The highest BCUT2D eigenvalue weighted by atomic mass is 32.2. The van der Waals surface area contributed by atoms with Crippen molar-refractivity contribution in [1.82, 2.24) is 4.72 Å². The van der Waals surface area contributed by atoms with Crippen molar-refractivity contribution >= 4 is 21.7 Å². The number of anilines is 1. The predicted octanol–water partition coefficient (Wildman–Crippen LogP) is 2.60. The Morgan fingerprint density at radius 2 is 1.89 bits per heavy atom. The molecule has 142 valence electrons. The van der Waals surface area contributed by atoms with Crippen LogP contribution in [0.2, 0.25) is 0 Å². The van der Waals surface area contributed by atoms with Gasteiger partial charge in [-0.2, -0.15) is 4.72 Å². The first kappa shape index (κ1) is 19.1. The number of esters is 1. The summed E-state index contributed by atoms with van der Waals surface area (Å²) in [5.74, 6) is -0.761. The summed E-state index contributed by atoms with van der Waals surface area (Å²) in [7, 11) is -4.04. The number of benzene rings is 2. The molecule has 1 aliphatic rings. The summed E-state index contributed by atoms with van der Waals surface area (Å²) < 4.78 is 33.5. The van der Waals surface area contributed by atoms with Gasteiger partial charge in [-0.15, -0.1) is 0 Å². The Balaban J connectivity index is 2.08. The van der Waals surface area contributed by atoms with E-state index in [0.29, 0.717) is 11.3 Å². The van der Waals surface area contributed by atoms with Crippen LogP contribution in [-0.2, 0) is 30.1 Å². The molecule has 2 aromatic carbocycles. The van der Waals surface area contributed by atoms with E-state index in [1.54, 1.807) is 43.3 Å². The van der Waals surface area contributed by atoms with Gasteiger partial charge in [0, 0.05) is 5.56 Å². The van der Waals surface area contributed by atoms with Gasteiger partial charge in [0.05, 0.1) is 22.8 Å². The average Bonchev–Trinajstić information content (AvgIpc) is 3.01. The van der Waals surface area contributed by atoms with Crippen molar-refractivity contribution in [2.24, 2.45) is 0 Å². The van der Waals surface area contributed by atoms with Crippen molar-refractivity contribution in [3.8, 4) is 0 Å². The Morgan fingerprint density at radius 3 is 2.56 bits per heavy atom. The summed E-state index contributed by atoms with van der Waals surface area (Å²) in [4.78, 5) is 18.0. The minimum atomic E-state index is -4.04. The Hall–Kier alpha value is -2.68. The first-order valence-corrected chi connectivity index (χ1v) is 9.79. The van der Waals surface area contributed by atoms with E-state index in [0.717, 1.165) is 5.56 Å². The number of fused-ring (bicyclic) bond motifs is 1. The molecule has 0 spiro atoms. The highest BCUT2D eigenvalue weighted by molar-refractivity contribution is 7.89. The second-order valence-corrected chi connectivity index (χ2v) is 7.73. The quantitative estimate of drug-likeness (QED) is 0.584. The molecule has 27 heavy (non-hydrogen) atoms. The normalized spacial score (nSPS) is 18.4. The van der Waals surface area contributed by atoms with Crippen LogP contribution in [0.25, 0.3) is 0 Å². The van der Waals surface area contributed by atoms with Gasteiger partial charge in [-0.1, -0.05) is 42.5 Å². The summed E-state index contributed by atoms with van der Waals surface area (Å²) in [6.07, 6.45) is 0. The highest BCUT2D eigenvalue weighted by Crippen LogP contribution is 2.42. The first-order valence-electron chi connectivity index (χ1n) is 8.31. The van der Waals surface area contributed by atoms with Gasteiger partial charge in [-0.25, -0.2) is 18.0 Å². The standard InChI is InChI=1S/C19H20N2O5S/c1-4-25-18(22)14(3)19(16-7-5-6-8-17(16)20-26-19)21-27(23,24)15-11-9-13(2)10-12-15/h5-12,20-21H,3-4H2,1-2H3. The van der Waals surface area contributed by atoms with Gasteiger partial charge in [0.15, 0.2) is 0 Å². The van der Waals surface area contributed by atoms with Gasteiger partial charge >= 0.3 is 5.97 Å². The van der Waals surface area contributed by atoms with Crippen LogP contribution in [0.5, 0.6) is 0 Å². The fourth-order valence-electron chi connectivity index (χ4n) is 2.75. The third kappa shape index (κ3) is 3.46. The molecule has 1 atom stereocenters. The van der Waals surface area contributed by atoms with Crippen LogP contribution >= 0.6 is 0 Å². The molecule has 0 aliphatic carbocycles. The molecule has 0 fully saturated rings. The number of hydrogen-bond acceptors (Lipinski definition) is 6. The Labute approximate surface area is 158 Å². The number of sulfonamides is 1. The number of carbonyl (C=O) groups is 1. The molecular weight excluding hydrogens is 368 g/mol. The lowest BCUT2D eigenvalue weighted by molar-refractivity contribution is -0.141. The van der Waals surface area contributed by atoms with E-state index in [1.165, 1.54) is 12.1 Å². The van der Waals surface area contributed by atoms with E-state index in [-0.39, 0.29) is 17.1 Å². The van der Waals surface area contributed by atoms with Crippen molar-refractivity contribution in [2.75, 3.05) is 12.1 Å². The zero-order valence-corrected chi connectivity index (χ0v) is 15.8. The summed E-state index contributed by atoms with van der Waals surface area (Å²) >= 11 is 0. The van der Waals surface area contributed by atoms with Crippen molar-refractivity contribution in [3.63, 3.8) is 0 Å². The van der Waals surface area contributed by atoms with E-state index in [1.807, 2.05) is 6.92 Å². The van der Waals surface area contributed by atoms with Crippen molar-refractivity contribution < 1.29 is 22.8 Å². The fraction of sp³-hybridized carbons (Fsp3) is 0.211. The molecule has 0 saturated carbocycles. The van der Waals surface area contributed by atoms with Gasteiger partial charge in [0.25, 0.3) is 0 Å². The topological polar surface area (TPSA) is 93.7 Å². The maximum absolute atomic E-state index is 13.0. The molecule has 1 unspecified atom stereocenters. The second-order valence-electron chi connectivity index (χ2n) is 6.05. The lowest BCUT2D eigenvalue weighted by Gasteiger charge is -2.29. The monoisotopic (exact) mass is 388 g/mol. The Kier molecular flexibility index (Phi) is 5.05. The summed E-state index contributed by atoms with van der Waals surface area (Å²) in [6.45, 7) is 7.37. The summed E-state index contributed by atoms with van der Waals surface area (Å²) in [6, 6.07) is 13.1. The minimum Gasteiger partial charge on any atom is -0.463 e. The molecular formula is C19H20N2O5S. The predicted molar refractivity (Wildman–Crippen MR) is 100 cm³/mol. The molecule has 2 N–H and O–H groups in total. The average molecular weight is 388 g/mol. The number of ether oxygens (including phenoxy) is 1.